The molecule has 1 heterocycles. The molecule has 0 bridgehead atoms. The number of nitrogens with zero attached hydrogens (tertiary/aromatic N) is 1. The van der Waals surface area contributed by atoms with Crippen LogP contribution in [0.2, 0.25) is 0 Å². The second kappa shape index (κ2) is 6.34. The van der Waals surface area contributed by atoms with E-state index in [0.717, 1.165) is 24.2 Å². The zero-order valence-electron chi connectivity index (χ0n) is 8.27. The zero-order chi connectivity index (χ0) is 10.2. The summed E-state index contributed by atoms with van der Waals surface area (Å²) in [5, 5.41) is 8.71. The first-order valence-corrected chi connectivity index (χ1v) is 4.54. The average molecular weight is 197 g/mol. The number of aromatic nitrogens is 1. The number of hydrogen-bond donors (Lipinski definition) is 1. The van der Waals surface area contributed by atoms with Gasteiger partial charge in [-0.05, 0) is 24.5 Å². The van der Waals surface area contributed by atoms with Gasteiger partial charge in [0.1, 0.15) is 5.75 Å². The molecule has 0 saturated heterocycles. The van der Waals surface area contributed by atoms with E-state index in [2.05, 4.69) is 4.98 Å². The lowest BCUT2D eigenvalue weighted by Gasteiger charge is -2.08. The monoisotopic (exact) mass is 197 g/mol. The number of ether oxygens (including phenoxy) is 2. The SMILES string of the molecule is COCOc1cnccc1CCCO. The van der Waals surface area contributed by atoms with Crippen LogP contribution in [0.25, 0.3) is 0 Å². The molecule has 4 nitrogen and oxygen atoms in total. The molecule has 14 heavy (non-hydrogen) atoms. The fourth-order valence-corrected chi connectivity index (χ4v) is 1.14. The van der Waals surface area contributed by atoms with E-state index in [0.29, 0.717) is 0 Å². The van der Waals surface area contributed by atoms with Crippen molar-refractivity contribution in [1.29, 1.82) is 0 Å². The van der Waals surface area contributed by atoms with Gasteiger partial charge in [0.05, 0.1) is 6.20 Å². The Morgan fingerprint density at radius 2 is 2.36 bits per heavy atom. The van der Waals surface area contributed by atoms with Crippen LogP contribution in [0.4, 0.5) is 0 Å². The van der Waals surface area contributed by atoms with E-state index in [-0.39, 0.29) is 13.4 Å². The van der Waals surface area contributed by atoms with Crippen LogP contribution in [0.15, 0.2) is 18.5 Å². The highest BCUT2D eigenvalue weighted by molar-refractivity contribution is 5.29. The highest BCUT2D eigenvalue weighted by atomic mass is 16.7. The Morgan fingerprint density at radius 1 is 1.50 bits per heavy atom. The van der Waals surface area contributed by atoms with Gasteiger partial charge < -0.3 is 14.6 Å². The highest BCUT2D eigenvalue weighted by Gasteiger charge is 2.02. The Kier molecular flexibility index (Phi) is 4.96. The first kappa shape index (κ1) is 10.9. The molecule has 1 N–H and O–H groups in total. The predicted octanol–water partition coefficient (Wildman–Crippen LogP) is 0.989. The van der Waals surface area contributed by atoms with Gasteiger partial charge in [-0.25, -0.2) is 0 Å². The van der Waals surface area contributed by atoms with Gasteiger partial charge in [-0.2, -0.15) is 0 Å². The number of hydrogen-bond acceptors (Lipinski definition) is 4. The molecule has 0 saturated carbocycles. The molecule has 4 heteroatoms. The maximum absolute atomic E-state index is 8.71. The standard InChI is InChI=1S/C10H15NO3/c1-13-8-14-10-7-11-5-4-9(10)3-2-6-12/h4-5,7,12H,2-3,6,8H2,1H3. The number of aliphatic hydroxyl groups is 1. The van der Waals surface area contributed by atoms with Gasteiger partial charge in [0.2, 0.25) is 0 Å². The van der Waals surface area contributed by atoms with E-state index < -0.39 is 0 Å². The molecule has 78 valence electrons. The minimum atomic E-state index is 0.187. The van der Waals surface area contributed by atoms with E-state index in [1.54, 1.807) is 19.5 Å². The van der Waals surface area contributed by atoms with Gasteiger partial charge in [0, 0.05) is 19.9 Å². The smallest absolute Gasteiger partial charge is 0.188 e. The number of aryl methyl sites for hydroxylation is 1. The average Bonchev–Trinajstić information content (AvgIpc) is 2.24. The van der Waals surface area contributed by atoms with Crippen LogP contribution >= 0.6 is 0 Å². The Bertz CT molecular complexity index is 238. The molecule has 1 rings (SSSR count). The van der Waals surface area contributed by atoms with Gasteiger partial charge in [0.25, 0.3) is 0 Å². The van der Waals surface area contributed by atoms with Gasteiger partial charge in [-0.15, -0.1) is 0 Å². The van der Waals surface area contributed by atoms with Crippen LogP contribution in [0.5, 0.6) is 5.75 Å². The molecule has 0 spiro atoms. The quantitative estimate of drug-likeness (QED) is 0.691. The molecular formula is C10H15NO3. The lowest BCUT2D eigenvalue weighted by molar-refractivity contribution is 0.0501. The third-order valence-corrected chi connectivity index (χ3v) is 1.81. The summed E-state index contributed by atoms with van der Waals surface area (Å²) < 4.78 is 10.1. The summed E-state index contributed by atoms with van der Waals surface area (Å²) in [6, 6.07) is 1.89. The minimum Gasteiger partial charge on any atom is -0.466 e. The van der Waals surface area contributed by atoms with Crippen molar-refractivity contribution < 1.29 is 14.6 Å². The largest absolute Gasteiger partial charge is 0.466 e. The maximum atomic E-state index is 8.71. The molecule has 0 aromatic carbocycles. The summed E-state index contributed by atoms with van der Waals surface area (Å²) in [7, 11) is 1.57. The maximum Gasteiger partial charge on any atom is 0.188 e. The number of pyridine rings is 1. The summed E-state index contributed by atoms with van der Waals surface area (Å²) in [6.07, 6.45) is 4.89. The van der Waals surface area contributed by atoms with Gasteiger partial charge in [-0.3, -0.25) is 4.98 Å². The second-order valence-electron chi connectivity index (χ2n) is 2.86. The lowest BCUT2D eigenvalue weighted by Crippen LogP contribution is -2.02. The van der Waals surface area contributed by atoms with Gasteiger partial charge >= 0.3 is 0 Å². The first-order valence-electron chi connectivity index (χ1n) is 4.54. The Morgan fingerprint density at radius 3 is 3.07 bits per heavy atom. The van der Waals surface area contributed by atoms with Crippen LogP contribution in [-0.4, -0.2) is 30.6 Å². The molecule has 0 radical (unpaired) electrons. The summed E-state index contributed by atoms with van der Waals surface area (Å²) in [5.74, 6) is 0.725. The summed E-state index contributed by atoms with van der Waals surface area (Å²) >= 11 is 0. The summed E-state index contributed by atoms with van der Waals surface area (Å²) in [4.78, 5) is 3.96. The van der Waals surface area contributed by atoms with Crippen molar-refractivity contribution in [3.8, 4) is 5.75 Å². The van der Waals surface area contributed by atoms with E-state index in [4.69, 9.17) is 14.6 Å². The van der Waals surface area contributed by atoms with Crippen molar-refractivity contribution in [1.82, 2.24) is 4.98 Å². The van der Waals surface area contributed by atoms with E-state index in [1.165, 1.54) is 0 Å². The molecule has 0 atom stereocenters. The third kappa shape index (κ3) is 3.32. The fraction of sp³-hybridized carbons (Fsp3) is 0.500. The molecule has 0 amide bonds. The first-order chi connectivity index (χ1) is 6.88. The Hall–Kier alpha value is -1.13. The van der Waals surface area contributed by atoms with E-state index in [1.807, 2.05) is 6.07 Å². The van der Waals surface area contributed by atoms with Crippen molar-refractivity contribution in [3.05, 3.63) is 24.0 Å². The van der Waals surface area contributed by atoms with E-state index in [9.17, 15) is 0 Å². The van der Waals surface area contributed by atoms with E-state index >= 15 is 0 Å². The van der Waals surface area contributed by atoms with Crippen molar-refractivity contribution in [2.75, 3.05) is 20.5 Å². The molecule has 1 aromatic rings. The van der Waals surface area contributed by atoms with Crippen LogP contribution in [-0.2, 0) is 11.2 Å². The molecule has 0 aliphatic rings. The van der Waals surface area contributed by atoms with Crippen LogP contribution in [0.3, 0.4) is 0 Å². The molecule has 0 fully saturated rings. The number of rotatable bonds is 6. The number of methoxy groups -OCH3 is 1. The molecule has 0 unspecified atom stereocenters. The third-order valence-electron chi connectivity index (χ3n) is 1.81. The predicted molar refractivity (Wildman–Crippen MR) is 52.1 cm³/mol. The number of aliphatic hydroxyl groups excluding tert-OH is 1. The van der Waals surface area contributed by atoms with Crippen molar-refractivity contribution in [3.63, 3.8) is 0 Å². The van der Waals surface area contributed by atoms with Gasteiger partial charge in [0.15, 0.2) is 6.79 Å². The van der Waals surface area contributed by atoms with Crippen LogP contribution < -0.4 is 4.74 Å². The molecular weight excluding hydrogens is 182 g/mol. The van der Waals surface area contributed by atoms with Gasteiger partial charge in [-0.1, -0.05) is 0 Å². The van der Waals surface area contributed by atoms with Crippen molar-refractivity contribution in [2.45, 2.75) is 12.8 Å². The highest BCUT2D eigenvalue weighted by Crippen LogP contribution is 2.17. The topological polar surface area (TPSA) is 51.6 Å². The fourth-order valence-electron chi connectivity index (χ4n) is 1.14. The normalized spacial score (nSPS) is 10.1. The molecule has 1 aromatic heterocycles. The molecule has 0 aliphatic carbocycles. The summed E-state index contributed by atoms with van der Waals surface area (Å²) in [6.45, 7) is 0.407. The summed E-state index contributed by atoms with van der Waals surface area (Å²) in [5.41, 5.74) is 1.05. The van der Waals surface area contributed by atoms with Crippen molar-refractivity contribution in [2.24, 2.45) is 0 Å². The Balaban J connectivity index is 2.60. The van der Waals surface area contributed by atoms with Crippen LogP contribution in [0, 0.1) is 0 Å². The minimum absolute atomic E-state index is 0.187. The Labute approximate surface area is 83.5 Å². The van der Waals surface area contributed by atoms with Crippen molar-refractivity contribution >= 4 is 0 Å². The lowest BCUT2D eigenvalue weighted by atomic mass is 10.1. The second-order valence-corrected chi connectivity index (χ2v) is 2.86. The zero-order valence-corrected chi connectivity index (χ0v) is 8.27. The molecule has 0 aliphatic heterocycles. The van der Waals surface area contributed by atoms with Crippen LogP contribution in [0.1, 0.15) is 12.0 Å².